The Morgan fingerprint density at radius 3 is 2.24 bits per heavy atom. The quantitative estimate of drug-likeness (QED) is 0.717. The van der Waals surface area contributed by atoms with Gasteiger partial charge < -0.3 is 4.74 Å². The van der Waals surface area contributed by atoms with E-state index in [2.05, 4.69) is 4.72 Å². The standard InChI is InChI=1S/C18H22ClNO3S2/c1-18(2,24-12-14-4-6-15(19)7-5-14)13-20-25(21,22)17-10-8-16(23-3)9-11-17/h4-11,20H,12-13H2,1-3H3. The van der Waals surface area contributed by atoms with Crippen molar-refractivity contribution in [1.29, 1.82) is 0 Å². The van der Waals surface area contributed by atoms with Crippen LogP contribution in [0.4, 0.5) is 0 Å². The van der Waals surface area contributed by atoms with Crippen molar-refractivity contribution in [2.24, 2.45) is 0 Å². The smallest absolute Gasteiger partial charge is 0.240 e. The molecule has 0 aliphatic rings. The van der Waals surface area contributed by atoms with Gasteiger partial charge in [-0.2, -0.15) is 0 Å². The molecule has 0 radical (unpaired) electrons. The molecule has 1 N–H and O–H groups in total. The van der Waals surface area contributed by atoms with E-state index >= 15 is 0 Å². The lowest BCUT2D eigenvalue weighted by Gasteiger charge is -2.24. The average Bonchev–Trinajstić information content (AvgIpc) is 2.60. The van der Waals surface area contributed by atoms with Gasteiger partial charge in [-0.25, -0.2) is 13.1 Å². The molecule has 136 valence electrons. The van der Waals surface area contributed by atoms with Gasteiger partial charge in [0.05, 0.1) is 12.0 Å². The van der Waals surface area contributed by atoms with Gasteiger partial charge in [-0.1, -0.05) is 23.7 Å². The number of nitrogens with one attached hydrogen (secondary N) is 1. The lowest BCUT2D eigenvalue weighted by Crippen LogP contribution is -2.36. The number of ether oxygens (including phenoxy) is 1. The summed E-state index contributed by atoms with van der Waals surface area (Å²) in [6, 6.07) is 14.0. The van der Waals surface area contributed by atoms with E-state index in [4.69, 9.17) is 16.3 Å². The van der Waals surface area contributed by atoms with Crippen LogP contribution in [0.5, 0.6) is 5.75 Å². The van der Waals surface area contributed by atoms with Crippen LogP contribution in [0, 0.1) is 0 Å². The van der Waals surface area contributed by atoms with Crippen molar-refractivity contribution in [2.75, 3.05) is 13.7 Å². The molecule has 0 fully saturated rings. The van der Waals surface area contributed by atoms with Crippen LogP contribution in [0.3, 0.4) is 0 Å². The molecular weight excluding hydrogens is 378 g/mol. The minimum Gasteiger partial charge on any atom is -0.497 e. The highest BCUT2D eigenvalue weighted by Gasteiger charge is 2.23. The van der Waals surface area contributed by atoms with Gasteiger partial charge in [0.2, 0.25) is 10.0 Å². The number of sulfonamides is 1. The molecule has 0 spiro atoms. The first-order chi connectivity index (χ1) is 11.7. The number of benzene rings is 2. The van der Waals surface area contributed by atoms with Crippen LogP contribution in [0.1, 0.15) is 19.4 Å². The van der Waals surface area contributed by atoms with Crippen LogP contribution in [0.15, 0.2) is 53.4 Å². The van der Waals surface area contributed by atoms with Gasteiger partial charge in [0.1, 0.15) is 5.75 Å². The van der Waals surface area contributed by atoms with Gasteiger partial charge in [0.25, 0.3) is 0 Å². The molecule has 0 atom stereocenters. The molecule has 2 aromatic rings. The molecule has 0 aliphatic carbocycles. The lowest BCUT2D eigenvalue weighted by atomic mass is 10.2. The number of thioether (sulfide) groups is 1. The summed E-state index contributed by atoms with van der Waals surface area (Å²) in [4.78, 5) is 0.229. The maximum absolute atomic E-state index is 12.4. The van der Waals surface area contributed by atoms with Crippen LogP contribution >= 0.6 is 23.4 Å². The number of methoxy groups -OCH3 is 1. The van der Waals surface area contributed by atoms with Crippen molar-refractivity contribution < 1.29 is 13.2 Å². The third kappa shape index (κ3) is 6.22. The maximum Gasteiger partial charge on any atom is 0.240 e. The lowest BCUT2D eigenvalue weighted by molar-refractivity contribution is 0.414. The molecule has 0 saturated carbocycles. The largest absolute Gasteiger partial charge is 0.497 e. The molecule has 0 unspecified atom stereocenters. The Kier molecular flexibility index (Phi) is 6.79. The summed E-state index contributed by atoms with van der Waals surface area (Å²) in [5.41, 5.74) is 1.15. The summed E-state index contributed by atoms with van der Waals surface area (Å²) in [7, 11) is -2.00. The number of halogens is 1. The summed E-state index contributed by atoms with van der Waals surface area (Å²) in [5.74, 6) is 1.41. The predicted molar refractivity (Wildman–Crippen MR) is 105 cm³/mol. The van der Waals surface area contributed by atoms with Gasteiger partial charge >= 0.3 is 0 Å². The monoisotopic (exact) mass is 399 g/mol. The fourth-order valence-electron chi connectivity index (χ4n) is 2.02. The van der Waals surface area contributed by atoms with Crippen molar-refractivity contribution in [3.05, 3.63) is 59.1 Å². The summed E-state index contributed by atoms with van der Waals surface area (Å²) in [6.07, 6.45) is 0. The van der Waals surface area contributed by atoms with Crippen LogP contribution in [0.25, 0.3) is 0 Å². The van der Waals surface area contributed by atoms with Crippen LogP contribution in [0.2, 0.25) is 5.02 Å². The zero-order chi connectivity index (χ0) is 18.5. The van der Waals surface area contributed by atoms with E-state index in [-0.39, 0.29) is 9.64 Å². The molecule has 0 aliphatic heterocycles. The topological polar surface area (TPSA) is 55.4 Å². The fraction of sp³-hybridized carbons (Fsp3) is 0.333. The van der Waals surface area contributed by atoms with Crippen molar-refractivity contribution in [2.45, 2.75) is 29.2 Å². The van der Waals surface area contributed by atoms with Crippen molar-refractivity contribution >= 4 is 33.4 Å². The second-order valence-corrected chi connectivity index (χ2v) is 10.1. The van der Waals surface area contributed by atoms with E-state index in [1.165, 1.54) is 12.1 Å². The summed E-state index contributed by atoms with van der Waals surface area (Å²) in [5, 5.41) is 0.709. The first-order valence-electron chi connectivity index (χ1n) is 7.74. The zero-order valence-corrected chi connectivity index (χ0v) is 16.8. The van der Waals surface area contributed by atoms with Crippen molar-refractivity contribution in [3.63, 3.8) is 0 Å². The number of hydrogen-bond acceptors (Lipinski definition) is 4. The maximum atomic E-state index is 12.4. The van der Waals surface area contributed by atoms with Gasteiger partial charge in [-0.3, -0.25) is 0 Å². The van der Waals surface area contributed by atoms with Gasteiger partial charge in [-0.15, -0.1) is 11.8 Å². The predicted octanol–water partition coefficient (Wildman–Crippen LogP) is 4.34. The van der Waals surface area contributed by atoms with E-state index < -0.39 is 10.0 Å². The Labute approximate surface area is 159 Å². The minimum atomic E-state index is -3.54. The van der Waals surface area contributed by atoms with E-state index in [0.717, 1.165) is 11.3 Å². The van der Waals surface area contributed by atoms with Crippen LogP contribution < -0.4 is 9.46 Å². The molecular formula is C18H22ClNO3S2. The Balaban J connectivity index is 1.93. The van der Waals surface area contributed by atoms with E-state index in [0.29, 0.717) is 17.3 Å². The van der Waals surface area contributed by atoms with Gasteiger partial charge in [0.15, 0.2) is 0 Å². The van der Waals surface area contributed by atoms with E-state index in [1.54, 1.807) is 31.0 Å². The molecule has 2 aromatic carbocycles. The third-order valence-corrected chi connectivity index (χ3v) is 6.67. The molecule has 0 amide bonds. The fourth-order valence-corrected chi connectivity index (χ4v) is 4.37. The third-order valence-electron chi connectivity index (χ3n) is 3.60. The van der Waals surface area contributed by atoms with Crippen LogP contribution in [-0.4, -0.2) is 26.8 Å². The highest BCUT2D eigenvalue weighted by molar-refractivity contribution is 7.99. The zero-order valence-electron chi connectivity index (χ0n) is 14.5. The van der Waals surface area contributed by atoms with Crippen molar-refractivity contribution in [3.8, 4) is 5.75 Å². The SMILES string of the molecule is COc1ccc(S(=O)(=O)NCC(C)(C)SCc2ccc(Cl)cc2)cc1. The molecule has 0 heterocycles. The highest BCUT2D eigenvalue weighted by atomic mass is 35.5. The number of hydrogen-bond donors (Lipinski definition) is 1. The first-order valence-corrected chi connectivity index (χ1v) is 10.6. The minimum absolute atomic E-state index is 0.229. The molecule has 25 heavy (non-hydrogen) atoms. The first kappa shape index (κ1) is 20.1. The molecule has 7 heteroatoms. The molecule has 2 rings (SSSR count). The van der Waals surface area contributed by atoms with Crippen molar-refractivity contribution in [1.82, 2.24) is 4.72 Å². The molecule has 0 aromatic heterocycles. The Morgan fingerprint density at radius 2 is 1.68 bits per heavy atom. The normalized spacial score (nSPS) is 12.2. The molecule has 4 nitrogen and oxygen atoms in total. The van der Waals surface area contributed by atoms with Gasteiger partial charge in [0, 0.05) is 22.1 Å². The van der Waals surface area contributed by atoms with E-state index in [1.807, 2.05) is 38.1 Å². The summed E-state index contributed by atoms with van der Waals surface area (Å²) in [6.45, 7) is 4.37. The Hall–Kier alpha value is -1.21. The molecule has 0 bridgehead atoms. The van der Waals surface area contributed by atoms with E-state index in [9.17, 15) is 8.42 Å². The highest BCUT2D eigenvalue weighted by Crippen LogP contribution is 2.28. The second kappa shape index (κ2) is 8.45. The molecule has 0 saturated heterocycles. The second-order valence-electron chi connectivity index (χ2n) is 6.17. The summed E-state index contributed by atoms with van der Waals surface area (Å²) >= 11 is 7.58. The van der Waals surface area contributed by atoms with Crippen LogP contribution in [-0.2, 0) is 15.8 Å². The summed E-state index contributed by atoms with van der Waals surface area (Å²) < 4.78 is 32.3. The average molecular weight is 400 g/mol. The van der Waals surface area contributed by atoms with Gasteiger partial charge in [-0.05, 0) is 55.8 Å². The number of rotatable bonds is 8. The Bertz CT molecular complexity index is 788. The Morgan fingerprint density at radius 1 is 1.08 bits per heavy atom.